The third kappa shape index (κ3) is 2.87. The van der Waals surface area contributed by atoms with Crippen molar-refractivity contribution >= 4 is 0 Å². The van der Waals surface area contributed by atoms with Gasteiger partial charge in [-0.05, 0) is 43.2 Å². The lowest BCUT2D eigenvalue weighted by molar-refractivity contribution is 0.522. The summed E-state index contributed by atoms with van der Waals surface area (Å²) >= 11 is 0. The minimum Gasteiger partial charge on any atom is -0.0628 e. The summed E-state index contributed by atoms with van der Waals surface area (Å²) in [6, 6.07) is 6.77. The Morgan fingerprint density at radius 2 is 1.71 bits per heavy atom. The second-order valence-corrected chi connectivity index (χ2v) is 4.89. The minimum absolute atomic E-state index is 0.690. The molecule has 0 saturated carbocycles. The molecular formula is C14H22. The van der Waals surface area contributed by atoms with E-state index in [4.69, 9.17) is 0 Å². The Kier molecular flexibility index (Phi) is 3.74. The van der Waals surface area contributed by atoms with Gasteiger partial charge in [0.05, 0.1) is 0 Å². The van der Waals surface area contributed by atoms with Gasteiger partial charge < -0.3 is 0 Å². The SMILES string of the molecule is Cc1ccc(C)c(C(C)CC(C)C)c1. The molecule has 0 bridgehead atoms. The van der Waals surface area contributed by atoms with Crippen LogP contribution in [-0.4, -0.2) is 0 Å². The molecule has 14 heavy (non-hydrogen) atoms. The van der Waals surface area contributed by atoms with Crippen LogP contribution in [0.1, 0.15) is 49.8 Å². The quantitative estimate of drug-likeness (QED) is 0.660. The summed E-state index contributed by atoms with van der Waals surface area (Å²) in [6.07, 6.45) is 1.28. The van der Waals surface area contributed by atoms with Crippen molar-refractivity contribution in [2.24, 2.45) is 5.92 Å². The van der Waals surface area contributed by atoms with E-state index in [1.807, 2.05) is 0 Å². The summed E-state index contributed by atoms with van der Waals surface area (Å²) in [5.74, 6) is 1.47. The maximum absolute atomic E-state index is 2.34. The Hall–Kier alpha value is -0.780. The first-order valence-electron chi connectivity index (χ1n) is 5.58. The molecule has 0 heterocycles. The van der Waals surface area contributed by atoms with Crippen molar-refractivity contribution < 1.29 is 0 Å². The summed E-state index contributed by atoms with van der Waals surface area (Å²) in [5, 5.41) is 0. The smallest absolute Gasteiger partial charge is 0.0185 e. The Morgan fingerprint density at radius 3 is 2.29 bits per heavy atom. The van der Waals surface area contributed by atoms with Crippen molar-refractivity contribution in [1.82, 2.24) is 0 Å². The summed E-state index contributed by atoms with van der Waals surface area (Å²) in [7, 11) is 0. The maximum atomic E-state index is 2.34. The maximum Gasteiger partial charge on any atom is -0.0185 e. The van der Waals surface area contributed by atoms with E-state index in [0.29, 0.717) is 5.92 Å². The monoisotopic (exact) mass is 190 g/mol. The lowest BCUT2D eigenvalue weighted by Crippen LogP contribution is -2.01. The van der Waals surface area contributed by atoms with Gasteiger partial charge in [0.25, 0.3) is 0 Å². The van der Waals surface area contributed by atoms with E-state index in [9.17, 15) is 0 Å². The molecule has 0 aliphatic carbocycles. The van der Waals surface area contributed by atoms with Crippen LogP contribution in [0.2, 0.25) is 0 Å². The topological polar surface area (TPSA) is 0 Å². The van der Waals surface area contributed by atoms with Gasteiger partial charge in [0.2, 0.25) is 0 Å². The van der Waals surface area contributed by atoms with Gasteiger partial charge in [-0.25, -0.2) is 0 Å². The predicted molar refractivity (Wildman–Crippen MR) is 63.8 cm³/mol. The zero-order valence-corrected chi connectivity index (χ0v) is 10.1. The van der Waals surface area contributed by atoms with E-state index in [0.717, 1.165) is 5.92 Å². The van der Waals surface area contributed by atoms with Crippen molar-refractivity contribution in [2.45, 2.75) is 47.0 Å². The molecule has 0 fully saturated rings. The Bertz CT molecular complexity index is 297. The van der Waals surface area contributed by atoms with Gasteiger partial charge in [0, 0.05) is 0 Å². The van der Waals surface area contributed by atoms with Crippen LogP contribution in [0.25, 0.3) is 0 Å². The van der Waals surface area contributed by atoms with Gasteiger partial charge in [-0.2, -0.15) is 0 Å². The number of hydrogen-bond donors (Lipinski definition) is 0. The lowest BCUT2D eigenvalue weighted by atomic mass is 9.88. The van der Waals surface area contributed by atoms with Gasteiger partial charge in [-0.3, -0.25) is 0 Å². The molecule has 1 unspecified atom stereocenters. The Balaban J connectivity index is 2.88. The van der Waals surface area contributed by atoms with E-state index < -0.39 is 0 Å². The highest BCUT2D eigenvalue weighted by Gasteiger charge is 2.10. The Labute approximate surface area is 88.4 Å². The average molecular weight is 190 g/mol. The van der Waals surface area contributed by atoms with Crippen LogP contribution in [0.4, 0.5) is 0 Å². The molecule has 0 aliphatic rings. The minimum atomic E-state index is 0.690. The average Bonchev–Trinajstić information content (AvgIpc) is 2.08. The van der Waals surface area contributed by atoms with Gasteiger partial charge in [0.15, 0.2) is 0 Å². The van der Waals surface area contributed by atoms with E-state index in [1.54, 1.807) is 0 Å². The molecule has 0 aliphatic heterocycles. The second kappa shape index (κ2) is 4.63. The zero-order valence-electron chi connectivity index (χ0n) is 10.1. The van der Waals surface area contributed by atoms with Gasteiger partial charge in [-0.1, -0.05) is 44.5 Å². The molecule has 0 amide bonds. The molecule has 0 spiro atoms. The first kappa shape index (κ1) is 11.3. The molecule has 0 saturated heterocycles. The summed E-state index contributed by atoms with van der Waals surface area (Å²) in [5.41, 5.74) is 4.34. The molecule has 1 aromatic carbocycles. The second-order valence-electron chi connectivity index (χ2n) is 4.89. The summed E-state index contributed by atoms with van der Waals surface area (Å²) < 4.78 is 0. The van der Waals surface area contributed by atoms with E-state index in [-0.39, 0.29) is 0 Å². The molecule has 0 heteroatoms. The lowest BCUT2D eigenvalue weighted by Gasteiger charge is -2.17. The molecule has 0 nitrogen and oxygen atoms in total. The van der Waals surface area contributed by atoms with Crippen LogP contribution in [0.3, 0.4) is 0 Å². The highest BCUT2D eigenvalue weighted by atomic mass is 14.1. The summed E-state index contributed by atoms with van der Waals surface area (Å²) in [4.78, 5) is 0. The summed E-state index contributed by atoms with van der Waals surface area (Å²) in [6.45, 7) is 11.3. The van der Waals surface area contributed by atoms with Crippen molar-refractivity contribution in [2.75, 3.05) is 0 Å². The third-order valence-corrected chi connectivity index (χ3v) is 2.79. The van der Waals surface area contributed by atoms with Crippen LogP contribution < -0.4 is 0 Å². The van der Waals surface area contributed by atoms with Crippen LogP contribution in [-0.2, 0) is 0 Å². The number of aryl methyl sites for hydroxylation is 2. The van der Waals surface area contributed by atoms with E-state index >= 15 is 0 Å². The standard InChI is InChI=1S/C14H22/c1-10(2)8-13(5)14-9-11(3)6-7-12(14)4/h6-7,9-10,13H,8H2,1-5H3. The van der Waals surface area contributed by atoms with Crippen LogP contribution in [0.15, 0.2) is 18.2 Å². The predicted octanol–water partition coefficient (Wildman–Crippen LogP) is 4.45. The number of hydrogen-bond acceptors (Lipinski definition) is 0. The van der Waals surface area contributed by atoms with E-state index in [2.05, 4.69) is 52.8 Å². The fourth-order valence-electron chi connectivity index (χ4n) is 2.12. The highest BCUT2D eigenvalue weighted by Crippen LogP contribution is 2.26. The molecule has 0 aromatic heterocycles. The van der Waals surface area contributed by atoms with Crippen molar-refractivity contribution in [3.8, 4) is 0 Å². The first-order chi connectivity index (χ1) is 6.50. The molecule has 1 aromatic rings. The van der Waals surface area contributed by atoms with Crippen LogP contribution in [0.5, 0.6) is 0 Å². The third-order valence-electron chi connectivity index (χ3n) is 2.79. The Morgan fingerprint density at radius 1 is 1.07 bits per heavy atom. The first-order valence-corrected chi connectivity index (χ1v) is 5.58. The van der Waals surface area contributed by atoms with Gasteiger partial charge in [0.1, 0.15) is 0 Å². The normalized spacial score (nSPS) is 13.3. The number of benzene rings is 1. The molecular weight excluding hydrogens is 168 g/mol. The van der Waals surface area contributed by atoms with Gasteiger partial charge >= 0.3 is 0 Å². The number of rotatable bonds is 3. The molecule has 1 atom stereocenters. The molecule has 0 radical (unpaired) electrons. The van der Waals surface area contributed by atoms with Gasteiger partial charge in [-0.15, -0.1) is 0 Å². The fourth-order valence-corrected chi connectivity index (χ4v) is 2.12. The van der Waals surface area contributed by atoms with Crippen LogP contribution in [0, 0.1) is 19.8 Å². The zero-order chi connectivity index (χ0) is 10.7. The molecule has 78 valence electrons. The van der Waals surface area contributed by atoms with Crippen molar-refractivity contribution in [3.05, 3.63) is 34.9 Å². The molecule has 0 N–H and O–H groups in total. The van der Waals surface area contributed by atoms with E-state index in [1.165, 1.54) is 23.1 Å². The van der Waals surface area contributed by atoms with Crippen molar-refractivity contribution in [1.29, 1.82) is 0 Å². The van der Waals surface area contributed by atoms with Crippen LogP contribution >= 0.6 is 0 Å². The highest BCUT2D eigenvalue weighted by molar-refractivity contribution is 5.32. The van der Waals surface area contributed by atoms with Crippen molar-refractivity contribution in [3.63, 3.8) is 0 Å². The molecule has 1 rings (SSSR count). The fraction of sp³-hybridized carbons (Fsp3) is 0.571. The largest absolute Gasteiger partial charge is 0.0628 e.